The van der Waals surface area contributed by atoms with Gasteiger partial charge in [0.25, 0.3) is 0 Å². The zero-order valence-electron chi connectivity index (χ0n) is 16.6. The molecule has 0 spiro atoms. The molecule has 1 aromatic heterocycles. The molecule has 5 rings (SSSR count). The van der Waals surface area contributed by atoms with Gasteiger partial charge < -0.3 is 5.32 Å². The lowest BCUT2D eigenvalue weighted by atomic mass is 10.0. The summed E-state index contributed by atoms with van der Waals surface area (Å²) in [5.41, 5.74) is 4.03. The Kier molecular flexibility index (Phi) is 5.34. The standard InChI is InChI=1S/C24H27N3OS/c28-23(11-12-24-26-21-9-3-4-10-22(21)29-24)25-19-8-5-13-27(16-19)20-14-17-6-1-2-7-18(17)15-20/h1-4,6-7,9-10,19-20H,5,8,11-16H2,(H,25,28). The van der Waals surface area contributed by atoms with Gasteiger partial charge in [-0.15, -0.1) is 11.3 Å². The minimum Gasteiger partial charge on any atom is -0.352 e. The Morgan fingerprint density at radius 3 is 2.66 bits per heavy atom. The van der Waals surface area contributed by atoms with Gasteiger partial charge >= 0.3 is 0 Å². The minimum atomic E-state index is 0.158. The molecule has 1 aliphatic heterocycles. The zero-order valence-corrected chi connectivity index (χ0v) is 17.5. The van der Waals surface area contributed by atoms with Gasteiger partial charge in [-0.3, -0.25) is 9.69 Å². The van der Waals surface area contributed by atoms with E-state index in [9.17, 15) is 4.79 Å². The number of likely N-dealkylation sites (tertiary alicyclic amines) is 1. The highest BCUT2D eigenvalue weighted by molar-refractivity contribution is 7.18. The molecule has 1 atom stereocenters. The Morgan fingerprint density at radius 2 is 1.86 bits per heavy atom. The lowest BCUT2D eigenvalue weighted by Gasteiger charge is -2.37. The lowest BCUT2D eigenvalue weighted by molar-refractivity contribution is -0.122. The van der Waals surface area contributed by atoms with E-state index in [2.05, 4.69) is 45.5 Å². The maximum Gasteiger partial charge on any atom is 0.220 e. The molecule has 2 aliphatic rings. The third kappa shape index (κ3) is 4.21. The maximum atomic E-state index is 12.6. The summed E-state index contributed by atoms with van der Waals surface area (Å²) in [6, 6.07) is 17.9. The molecule has 1 N–H and O–H groups in total. The molecule has 1 fully saturated rings. The molecule has 150 valence electrons. The molecule has 0 bridgehead atoms. The van der Waals surface area contributed by atoms with E-state index < -0.39 is 0 Å². The number of hydrogen-bond acceptors (Lipinski definition) is 4. The predicted molar refractivity (Wildman–Crippen MR) is 118 cm³/mol. The highest BCUT2D eigenvalue weighted by atomic mass is 32.1. The summed E-state index contributed by atoms with van der Waals surface area (Å²) in [7, 11) is 0. The minimum absolute atomic E-state index is 0.158. The Bertz CT molecular complexity index is 956. The van der Waals surface area contributed by atoms with E-state index in [1.54, 1.807) is 11.3 Å². The number of para-hydroxylation sites is 1. The topological polar surface area (TPSA) is 45.2 Å². The average Bonchev–Trinajstić information content (AvgIpc) is 3.36. The number of nitrogens with one attached hydrogen (secondary N) is 1. The van der Waals surface area contributed by atoms with Crippen LogP contribution in [0.15, 0.2) is 48.5 Å². The van der Waals surface area contributed by atoms with Crippen LogP contribution < -0.4 is 5.32 Å². The summed E-state index contributed by atoms with van der Waals surface area (Å²) < 4.78 is 1.20. The van der Waals surface area contributed by atoms with Crippen LogP contribution in [0.5, 0.6) is 0 Å². The fraction of sp³-hybridized carbons (Fsp3) is 0.417. The molecule has 29 heavy (non-hydrogen) atoms. The normalized spacial score (nSPS) is 20.1. The third-order valence-corrected chi connectivity index (χ3v) is 7.36. The number of aryl methyl sites for hydroxylation is 1. The van der Waals surface area contributed by atoms with Crippen molar-refractivity contribution in [2.24, 2.45) is 0 Å². The number of thiazole rings is 1. The van der Waals surface area contributed by atoms with Crippen LogP contribution in [-0.4, -0.2) is 41.0 Å². The molecule has 3 aromatic rings. The molecular formula is C24H27N3OS. The smallest absolute Gasteiger partial charge is 0.220 e. The van der Waals surface area contributed by atoms with Crippen LogP contribution in [0.1, 0.15) is 35.4 Å². The second kappa shape index (κ2) is 8.25. The van der Waals surface area contributed by atoms with Crippen molar-refractivity contribution in [2.75, 3.05) is 13.1 Å². The maximum absolute atomic E-state index is 12.6. The van der Waals surface area contributed by atoms with E-state index in [0.29, 0.717) is 12.5 Å². The van der Waals surface area contributed by atoms with Crippen LogP contribution in [0, 0.1) is 0 Å². The monoisotopic (exact) mass is 405 g/mol. The summed E-state index contributed by atoms with van der Waals surface area (Å²) in [6.07, 6.45) is 5.78. The average molecular weight is 406 g/mol. The molecule has 1 unspecified atom stereocenters. The van der Waals surface area contributed by atoms with Crippen molar-refractivity contribution in [3.8, 4) is 0 Å². The van der Waals surface area contributed by atoms with Gasteiger partial charge in [0.05, 0.1) is 15.2 Å². The van der Waals surface area contributed by atoms with Gasteiger partial charge in [-0.05, 0) is 55.5 Å². The van der Waals surface area contributed by atoms with E-state index in [-0.39, 0.29) is 11.9 Å². The lowest BCUT2D eigenvalue weighted by Crippen LogP contribution is -2.51. The van der Waals surface area contributed by atoms with E-state index in [1.807, 2.05) is 18.2 Å². The van der Waals surface area contributed by atoms with E-state index >= 15 is 0 Å². The van der Waals surface area contributed by atoms with Crippen LogP contribution in [-0.2, 0) is 24.1 Å². The van der Waals surface area contributed by atoms with Gasteiger partial charge in [0.1, 0.15) is 0 Å². The van der Waals surface area contributed by atoms with Gasteiger partial charge in [-0.2, -0.15) is 0 Å². The number of hydrogen-bond donors (Lipinski definition) is 1. The van der Waals surface area contributed by atoms with E-state index in [1.165, 1.54) is 15.8 Å². The molecule has 2 aromatic carbocycles. The molecule has 0 radical (unpaired) electrons. The fourth-order valence-corrected chi connectivity index (χ4v) is 5.76. The largest absolute Gasteiger partial charge is 0.352 e. The molecule has 1 saturated heterocycles. The van der Waals surface area contributed by atoms with Crippen LogP contribution >= 0.6 is 11.3 Å². The van der Waals surface area contributed by atoms with Gasteiger partial charge in [0.2, 0.25) is 5.91 Å². The van der Waals surface area contributed by atoms with Crippen molar-refractivity contribution in [2.45, 2.75) is 50.6 Å². The zero-order chi connectivity index (χ0) is 19.6. The summed E-state index contributed by atoms with van der Waals surface area (Å²) in [4.78, 5) is 19.8. The van der Waals surface area contributed by atoms with Crippen LogP contribution in [0.2, 0.25) is 0 Å². The fourth-order valence-electron chi connectivity index (χ4n) is 4.80. The first-order valence-corrected chi connectivity index (χ1v) is 11.5. The second-order valence-electron chi connectivity index (χ2n) is 8.31. The molecule has 5 heteroatoms. The van der Waals surface area contributed by atoms with Gasteiger partial charge in [0, 0.05) is 31.5 Å². The SMILES string of the molecule is O=C(CCc1nc2ccccc2s1)NC1CCCN(C2Cc3ccccc3C2)C1. The van der Waals surface area contributed by atoms with Crippen molar-refractivity contribution in [1.29, 1.82) is 0 Å². The predicted octanol–water partition coefficient (Wildman–Crippen LogP) is 3.98. The van der Waals surface area contributed by atoms with Crippen LogP contribution in [0.25, 0.3) is 10.2 Å². The first-order valence-electron chi connectivity index (χ1n) is 10.7. The number of carbonyl (C=O) groups excluding carboxylic acids is 1. The quantitative estimate of drug-likeness (QED) is 0.698. The Labute approximate surface area is 176 Å². The molecule has 4 nitrogen and oxygen atoms in total. The number of carbonyl (C=O) groups is 1. The highest BCUT2D eigenvalue weighted by Crippen LogP contribution is 2.27. The summed E-state index contributed by atoms with van der Waals surface area (Å²) in [5, 5.41) is 4.34. The Hall–Kier alpha value is -2.24. The second-order valence-corrected chi connectivity index (χ2v) is 9.42. The van der Waals surface area contributed by atoms with Gasteiger partial charge in [-0.25, -0.2) is 4.98 Å². The number of aromatic nitrogens is 1. The number of fused-ring (bicyclic) bond motifs is 2. The summed E-state index contributed by atoms with van der Waals surface area (Å²) in [6.45, 7) is 2.13. The first kappa shape index (κ1) is 18.8. The van der Waals surface area contributed by atoms with E-state index in [4.69, 9.17) is 0 Å². The van der Waals surface area contributed by atoms with E-state index in [0.717, 1.165) is 55.7 Å². The summed E-state index contributed by atoms with van der Waals surface area (Å²) in [5.74, 6) is 0.158. The van der Waals surface area contributed by atoms with Crippen molar-refractivity contribution in [1.82, 2.24) is 15.2 Å². The number of piperidine rings is 1. The Morgan fingerprint density at radius 1 is 1.10 bits per heavy atom. The molecule has 1 amide bonds. The molecule has 0 saturated carbocycles. The first-order chi connectivity index (χ1) is 14.2. The third-order valence-electron chi connectivity index (χ3n) is 6.27. The van der Waals surface area contributed by atoms with Crippen molar-refractivity contribution in [3.63, 3.8) is 0 Å². The number of nitrogens with zero attached hydrogens (tertiary/aromatic N) is 2. The number of rotatable bonds is 5. The molecule has 2 heterocycles. The number of benzene rings is 2. The molecule has 1 aliphatic carbocycles. The van der Waals surface area contributed by atoms with Crippen molar-refractivity contribution < 1.29 is 4.79 Å². The molecular weight excluding hydrogens is 378 g/mol. The number of amides is 1. The van der Waals surface area contributed by atoms with Gasteiger partial charge in [-0.1, -0.05) is 36.4 Å². The van der Waals surface area contributed by atoms with Crippen LogP contribution in [0.4, 0.5) is 0 Å². The van der Waals surface area contributed by atoms with Crippen molar-refractivity contribution >= 4 is 27.5 Å². The highest BCUT2D eigenvalue weighted by Gasteiger charge is 2.30. The van der Waals surface area contributed by atoms with Gasteiger partial charge in [0.15, 0.2) is 0 Å². The Balaban J connectivity index is 1.13. The summed E-state index contributed by atoms with van der Waals surface area (Å²) >= 11 is 1.70. The van der Waals surface area contributed by atoms with Crippen molar-refractivity contribution in [3.05, 3.63) is 64.7 Å². The van der Waals surface area contributed by atoms with Crippen LogP contribution in [0.3, 0.4) is 0 Å².